The Morgan fingerprint density at radius 3 is 2.59 bits per heavy atom. The molecule has 1 fully saturated rings. The van der Waals surface area contributed by atoms with Crippen molar-refractivity contribution in [1.82, 2.24) is 24.3 Å². The van der Waals surface area contributed by atoms with Crippen molar-refractivity contribution in [3.63, 3.8) is 0 Å². The van der Waals surface area contributed by atoms with Gasteiger partial charge < -0.3 is 0 Å². The van der Waals surface area contributed by atoms with Gasteiger partial charge in [0.15, 0.2) is 0 Å². The highest BCUT2D eigenvalue weighted by Crippen LogP contribution is 2.40. The van der Waals surface area contributed by atoms with E-state index in [9.17, 15) is 0 Å². The lowest BCUT2D eigenvalue weighted by Gasteiger charge is -2.39. The highest BCUT2D eigenvalue weighted by atomic mass is 15.2. The predicted molar refractivity (Wildman–Crippen MR) is 114 cm³/mol. The molecular weight excluding hydrogens is 358 g/mol. The minimum absolute atomic E-state index is 0.292. The Hall–Kier alpha value is -3.05. The van der Waals surface area contributed by atoms with Crippen molar-refractivity contribution in [3.8, 4) is 11.3 Å². The molecule has 5 heteroatoms. The number of nitrogens with zero attached hydrogens (tertiary/aromatic N) is 5. The number of hydrogen-bond acceptors (Lipinski definition) is 4. The summed E-state index contributed by atoms with van der Waals surface area (Å²) in [6.07, 6.45) is 11.2. The first-order chi connectivity index (χ1) is 14.2. The number of likely N-dealkylation sites (tertiary alicyclic amines) is 1. The van der Waals surface area contributed by atoms with Gasteiger partial charge in [-0.2, -0.15) is 0 Å². The van der Waals surface area contributed by atoms with E-state index in [0.717, 1.165) is 35.4 Å². The molecule has 0 aliphatic carbocycles. The van der Waals surface area contributed by atoms with E-state index in [1.165, 1.54) is 17.7 Å². The number of piperidine rings is 1. The maximum Gasteiger partial charge on any atom is 0.137 e. The van der Waals surface area contributed by atoms with Crippen molar-refractivity contribution in [1.29, 1.82) is 0 Å². The van der Waals surface area contributed by atoms with E-state index in [2.05, 4.69) is 58.7 Å². The van der Waals surface area contributed by atoms with Crippen LogP contribution in [-0.4, -0.2) is 31.3 Å². The van der Waals surface area contributed by atoms with Crippen LogP contribution in [0.3, 0.4) is 0 Å². The molecule has 1 aliphatic rings. The van der Waals surface area contributed by atoms with Crippen LogP contribution in [0.1, 0.15) is 48.3 Å². The predicted octanol–water partition coefficient (Wildman–Crippen LogP) is 5.00. The topological polar surface area (TPSA) is 46.3 Å². The van der Waals surface area contributed by atoms with Crippen molar-refractivity contribution in [2.75, 3.05) is 7.05 Å². The third-order valence-electron chi connectivity index (χ3n) is 6.13. The average molecular weight is 383 g/mol. The molecular formula is C24H25N5. The Morgan fingerprint density at radius 1 is 0.931 bits per heavy atom. The van der Waals surface area contributed by atoms with Crippen LogP contribution >= 0.6 is 0 Å². The number of imidazole rings is 1. The quantitative estimate of drug-likeness (QED) is 0.500. The summed E-state index contributed by atoms with van der Waals surface area (Å²) < 4.78 is 2.20. The highest BCUT2D eigenvalue weighted by molar-refractivity contribution is 5.63. The molecule has 5 heterocycles. The number of fused-ring (bicyclic) bond motifs is 1. The zero-order valence-corrected chi connectivity index (χ0v) is 16.9. The van der Waals surface area contributed by atoms with Gasteiger partial charge in [0, 0.05) is 30.4 Å². The van der Waals surface area contributed by atoms with E-state index < -0.39 is 0 Å². The summed E-state index contributed by atoms with van der Waals surface area (Å²) in [4.78, 5) is 16.3. The van der Waals surface area contributed by atoms with Crippen molar-refractivity contribution in [2.45, 2.75) is 38.3 Å². The third kappa shape index (κ3) is 3.21. The zero-order chi connectivity index (χ0) is 19.8. The first-order valence-electron chi connectivity index (χ1n) is 10.2. The van der Waals surface area contributed by atoms with Crippen LogP contribution in [0.5, 0.6) is 0 Å². The van der Waals surface area contributed by atoms with Gasteiger partial charge in [0.1, 0.15) is 5.65 Å². The smallest absolute Gasteiger partial charge is 0.137 e. The summed E-state index contributed by atoms with van der Waals surface area (Å²) >= 11 is 0. The maximum atomic E-state index is 5.01. The fourth-order valence-corrected chi connectivity index (χ4v) is 4.61. The lowest BCUT2D eigenvalue weighted by atomic mass is 9.91. The van der Waals surface area contributed by atoms with Crippen molar-refractivity contribution >= 4 is 5.65 Å². The van der Waals surface area contributed by atoms with Crippen LogP contribution in [0.4, 0.5) is 0 Å². The Morgan fingerprint density at radius 2 is 1.76 bits per heavy atom. The number of aryl methyl sites for hydroxylation is 1. The monoisotopic (exact) mass is 383 g/mol. The molecule has 0 bridgehead atoms. The van der Waals surface area contributed by atoms with Crippen molar-refractivity contribution in [2.24, 2.45) is 0 Å². The second-order valence-corrected chi connectivity index (χ2v) is 7.87. The molecule has 0 N–H and O–H groups in total. The van der Waals surface area contributed by atoms with Gasteiger partial charge >= 0.3 is 0 Å². The standard InChI is InChI=1S/C24H25N5/c1-17-6-5-13-26-24(17)22-9-3-8-21(28(22)2)19-16-29-20(7-4-10-23(29)27-19)18-11-14-25-15-12-18/h4-7,10-16,21-22H,3,8-9H2,1-2H3. The molecule has 0 aromatic carbocycles. The largest absolute Gasteiger partial charge is 0.299 e. The van der Waals surface area contributed by atoms with Gasteiger partial charge in [-0.25, -0.2) is 4.98 Å². The normalized spacial score (nSPS) is 20.2. The van der Waals surface area contributed by atoms with Crippen molar-refractivity contribution < 1.29 is 0 Å². The SMILES string of the molecule is Cc1cccnc1C1CCCC(c2cn3c(-c4ccncc4)cccc3n2)N1C. The van der Waals surface area contributed by atoms with Crippen LogP contribution < -0.4 is 0 Å². The van der Waals surface area contributed by atoms with E-state index >= 15 is 0 Å². The third-order valence-corrected chi connectivity index (χ3v) is 6.13. The van der Waals surface area contributed by atoms with Crippen LogP contribution in [0.2, 0.25) is 0 Å². The molecule has 29 heavy (non-hydrogen) atoms. The molecule has 5 nitrogen and oxygen atoms in total. The summed E-state index contributed by atoms with van der Waals surface area (Å²) in [5.41, 5.74) is 6.86. The van der Waals surface area contributed by atoms with Crippen LogP contribution in [0, 0.1) is 6.92 Å². The minimum atomic E-state index is 0.292. The van der Waals surface area contributed by atoms with Gasteiger partial charge in [-0.1, -0.05) is 12.1 Å². The van der Waals surface area contributed by atoms with E-state index in [-0.39, 0.29) is 0 Å². The minimum Gasteiger partial charge on any atom is -0.299 e. The molecule has 0 spiro atoms. The van der Waals surface area contributed by atoms with Gasteiger partial charge in [0.2, 0.25) is 0 Å². The molecule has 2 atom stereocenters. The molecule has 0 saturated carbocycles. The molecule has 1 aliphatic heterocycles. The Kier molecular flexibility index (Phi) is 4.60. The first kappa shape index (κ1) is 18.0. The summed E-state index contributed by atoms with van der Waals surface area (Å²) in [6, 6.07) is 15.2. The summed E-state index contributed by atoms with van der Waals surface area (Å²) in [7, 11) is 2.22. The summed E-state index contributed by atoms with van der Waals surface area (Å²) in [6.45, 7) is 2.16. The molecule has 2 unspecified atom stereocenters. The Balaban J connectivity index is 1.53. The molecule has 1 saturated heterocycles. The van der Waals surface area contributed by atoms with Crippen LogP contribution in [-0.2, 0) is 0 Å². The first-order valence-corrected chi connectivity index (χ1v) is 10.2. The van der Waals surface area contributed by atoms with Gasteiger partial charge in [0.05, 0.1) is 29.2 Å². The fourth-order valence-electron chi connectivity index (χ4n) is 4.61. The second-order valence-electron chi connectivity index (χ2n) is 7.87. The zero-order valence-electron chi connectivity index (χ0n) is 16.9. The van der Waals surface area contributed by atoms with Gasteiger partial charge in [-0.15, -0.1) is 0 Å². The molecule has 0 radical (unpaired) electrons. The number of pyridine rings is 3. The maximum absolute atomic E-state index is 5.01. The van der Waals surface area contributed by atoms with Crippen molar-refractivity contribution in [3.05, 3.63) is 84.2 Å². The number of rotatable bonds is 3. The van der Waals surface area contributed by atoms with E-state index in [1.807, 2.05) is 36.8 Å². The second kappa shape index (κ2) is 7.41. The van der Waals surface area contributed by atoms with Gasteiger partial charge in [0.25, 0.3) is 0 Å². The molecule has 5 rings (SSSR count). The highest BCUT2D eigenvalue weighted by Gasteiger charge is 2.32. The molecule has 4 aromatic rings. The van der Waals surface area contributed by atoms with Gasteiger partial charge in [-0.3, -0.25) is 19.3 Å². The summed E-state index contributed by atoms with van der Waals surface area (Å²) in [5.74, 6) is 0. The lowest BCUT2D eigenvalue weighted by Crippen LogP contribution is -2.34. The number of hydrogen-bond donors (Lipinski definition) is 0. The van der Waals surface area contributed by atoms with Gasteiger partial charge in [-0.05, 0) is 69.1 Å². The molecule has 146 valence electrons. The van der Waals surface area contributed by atoms with E-state index in [4.69, 9.17) is 9.97 Å². The molecule has 4 aromatic heterocycles. The Bertz CT molecular complexity index is 1130. The Labute approximate surface area is 171 Å². The molecule has 0 amide bonds. The summed E-state index contributed by atoms with van der Waals surface area (Å²) in [5, 5.41) is 0. The average Bonchev–Trinajstić information content (AvgIpc) is 3.19. The van der Waals surface area contributed by atoms with E-state index in [0.29, 0.717) is 12.1 Å². The van der Waals surface area contributed by atoms with Crippen LogP contribution in [0.15, 0.2) is 67.3 Å². The fraction of sp³-hybridized carbons (Fsp3) is 0.292. The number of aromatic nitrogens is 4. The van der Waals surface area contributed by atoms with Crippen LogP contribution in [0.25, 0.3) is 16.9 Å². The van der Waals surface area contributed by atoms with E-state index in [1.54, 1.807) is 0 Å². The lowest BCUT2D eigenvalue weighted by molar-refractivity contribution is 0.109.